The Kier molecular flexibility index (Phi) is 10.6. The fourth-order valence-corrected chi connectivity index (χ4v) is 3.99. The zero-order valence-corrected chi connectivity index (χ0v) is 20.4. The van der Waals surface area contributed by atoms with Gasteiger partial charge in [0.2, 0.25) is 5.43 Å². The molecule has 0 saturated carbocycles. The molecule has 32 heavy (non-hydrogen) atoms. The van der Waals surface area contributed by atoms with Crippen LogP contribution in [-0.4, -0.2) is 30.4 Å². The lowest BCUT2D eigenvalue weighted by Crippen LogP contribution is -2.20. The van der Waals surface area contributed by atoms with Gasteiger partial charge in [-0.25, -0.2) is 4.79 Å². The molecule has 0 fully saturated rings. The molecule has 6 nitrogen and oxygen atoms in total. The standard InChI is InChI=1S/C26H39NO5/c1-6-13-19(4)14-11-9-10-12-15-32-23-16-20-22(17-24(23)30-7-2)27(5)18-21(25(20)28)26(29)31-8-3/h16-19H,6-15H2,1-5H3. The van der Waals surface area contributed by atoms with Gasteiger partial charge in [-0.05, 0) is 32.3 Å². The molecule has 1 heterocycles. The summed E-state index contributed by atoms with van der Waals surface area (Å²) in [6.07, 6.45) is 9.90. The van der Waals surface area contributed by atoms with Crippen LogP contribution in [0.3, 0.4) is 0 Å². The van der Waals surface area contributed by atoms with E-state index in [1.54, 1.807) is 30.7 Å². The smallest absolute Gasteiger partial charge is 0.343 e. The summed E-state index contributed by atoms with van der Waals surface area (Å²) in [5.41, 5.74) is 0.347. The molecule has 0 aliphatic heterocycles. The van der Waals surface area contributed by atoms with Crippen molar-refractivity contribution >= 4 is 16.9 Å². The Balaban J connectivity index is 2.11. The van der Waals surface area contributed by atoms with Gasteiger partial charge < -0.3 is 18.8 Å². The van der Waals surface area contributed by atoms with Gasteiger partial charge in [0.15, 0.2) is 11.5 Å². The first-order valence-electron chi connectivity index (χ1n) is 12.0. The number of benzene rings is 1. The van der Waals surface area contributed by atoms with E-state index in [0.29, 0.717) is 35.6 Å². The minimum atomic E-state index is -0.611. The van der Waals surface area contributed by atoms with E-state index in [1.807, 2.05) is 6.92 Å². The third kappa shape index (κ3) is 7.01. The van der Waals surface area contributed by atoms with Crippen molar-refractivity contribution in [2.24, 2.45) is 13.0 Å². The predicted molar refractivity (Wildman–Crippen MR) is 129 cm³/mol. The minimum absolute atomic E-state index is 0.0225. The number of fused-ring (bicyclic) bond motifs is 1. The molecule has 1 aromatic heterocycles. The largest absolute Gasteiger partial charge is 0.490 e. The molecule has 0 radical (unpaired) electrons. The van der Waals surface area contributed by atoms with E-state index in [2.05, 4.69) is 13.8 Å². The Morgan fingerprint density at radius 1 is 0.969 bits per heavy atom. The number of aryl methyl sites for hydroxylation is 1. The lowest BCUT2D eigenvalue weighted by atomic mass is 9.98. The third-order valence-electron chi connectivity index (χ3n) is 5.68. The molecule has 0 saturated heterocycles. The average molecular weight is 446 g/mol. The molecule has 1 unspecified atom stereocenters. The summed E-state index contributed by atoms with van der Waals surface area (Å²) >= 11 is 0. The highest BCUT2D eigenvalue weighted by Crippen LogP contribution is 2.32. The maximum Gasteiger partial charge on any atom is 0.343 e. The van der Waals surface area contributed by atoms with E-state index in [-0.39, 0.29) is 17.6 Å². The van der Waals surface area contributed by atoms with Gasteiger partial charge in [0.1, 0.15) is 5.56 Å². The van der Waals surface area contributed by atoms with Crippen molar-refractivity contribution in [1.29, 1.82) is 0 Å². The molecule has 0 bridgehead atoms. The van der Waals surface area contributed by atoms with Crippen LogP contribution in [0.1, 0.15) is 83.0 Å². The second-order valence-corrected chi connectivity index (χ2v) is 8.40. The number of hydrogen-bond donors (Lipinski definition) is 0. The Morgan fingerprint density at radius 3 is 2.38 bits per heavy atom. The lowest BCUT2D eigenvalue weighted by molar-refractivity contribution is 0.0524. The van der Waals surface area contributed by atoms with Crippen molar-refractivity contribution < 1.29 is 19.0 Å². The van der Waals surface area contributed by atoms with Crippen LogP contribution in [0.5, 0.6) is 11.5 Å². The third-order valence-corrected chi connectivity index (χ3v) is 5.68. The van der Waals surface area contributed by atoms with E-state index in [0.717, 1.165) is 18.8 Å². The second-order valence-electron chi connectivity index (χ2n) is 8.40. The summed E-state index contributed by atoms with van der Waals surface area (Å²) in [6, 6.07) is 3.50. The summed E-state index contributed by atoms with van der Waals surface area (Å²) in [5.74, 6) is 1.34. The fourth-order valence-electron chi connectivity index (χ4n) is 3.99. The van der Waals surface area contributed by atoms with Crippen molar-refractivity contribution in [3.05, 3.63) is 34.1 Å². The van der Waals surface area contributed by atoms with Crippen LogP contribution in [0.4, 0.5) is 0 Å². The average Bonchev–Trinajstić information content (AvgIpc) is 2.76. The Bertz CT molecular complexity index is 934. The quantitative estimate of drug-likeness (QED) is 0.268. The van der Waals surface area contributed by atoms with Crippen LogP contribution >= 0.6 is 0 Å². The van der Waals surface area contributed by atoms with Gasteiger partial charge in [0.25, 0.3) is 0 Å². The van der Waals surface area contributed by atoms with Crippen LogP contribution < -0.4 is 14.9 Å². The number of carbonyl (C=O) groups is 1. The summed E-state index contributed by atoms with van der Waals surface area (Å²) in [7, 11) is 1.79. The molecule has 0 N–H and O–H groups in total. The number of rotatable bonds is 14. The van der Waals surface area contributed by atoms with Crippen molar-refractivity contribution in [2.75, 3.05) is 19.8 Å². The fraction of sp³-hybridized carbons (Fsp3) is 0.615. The van der Waals surface area contributed by atoms with Gasteiger partial charge in [0.05, 0.1) is 30.7 Å². The monoisotopic (exact) mass is 445 g/mol. The maximum absolute atomic E-state index is 13.0. The number of unbranched alkanes of at least 4 members (excludes halogenated alkanes) is 3. The highest BCUT2D eigenvalue weighted by molar-refractivity contribution is 5.94. The highest BCUT2D eigenvalue weighted by Gasteiger charge is 2.18. The summed E-state index contributed by atoms with van der Waals surface area (Å²) in [5, 5.41) is 0.418. The number of nitrogens with zero attached hydrogens (tertiary/aromatic N) is 1. The first-order valence-corrected chi connectivity index (χ1v) is 12.0. The Morgan fingerprint density at radius 2 is 1.69 bits per heavy atom. The number of ether oxygens (including phenoxy) is 3. The van der Waals surface area contributed by atoms with Crippen LogP contribution in [0.15, 0.2) is 23.1 Å². The molecule has 1 aromatic carbocycles. The first kappa shape index (κ1) is 25.8. The molecule has 0 aliphatic rings. The van der Waals surface area contributed by atoms with Crippen LogP contribution in [0.2, 0.25) is 0 Å². The molecule has 2 rings (SSSR count). The highest BCUT2D eigenvalue weighted by atomic mass is 16.5. The molecular weight excluding hydrogens is 406 g/mol. The molecule has 0 amide bonds. The normalized spacial score (nSPS) is 12.0. The van der Waals surface area contributed by atoms with Crippen LogP contribution in [0, 0.1) is 5.92 Å². The van der Waals surface area contributed by atoms with E-state index in [9.17, 15) is 9.59 Å². The zero-order chi connectivity index (χ0) is 23.5. The Hall–Kier alpha value is -2.50. The molecule has 2 aromatic rings. The molecule has 0 aliphatic carbocycles. The lowest BCUT2D eigenvalue weighted by Gasteiger charge is -2.15. The summed E-state index contributed by atoms with van der Waals surface area (Å²) in [6.45, 7) is 9.48. The van der Waals surface area contributed by atoms with Crippen molar-refractivity contribution in [2.45, 2.75) is 72.6 Å². The number of hydrogen-bond acceptors (Lipinski definition) is 5. The van der Waals surface area contributed by atoms with E-state index in [4.69, 9.17) is 14.2 Å². The molecule has 178 valence electrons. The van der Waals surface area contributed by atoms with Gasteiger partial charge in [-0.15, -0.1) is 0 Å². The predicted octanol–water partition coefficient (Wildman–Crippen LogP) is 5.88. The van der Waals surface area contributed by atoms with E-state index in [1.165, 1.54) is 38.3 Å². The number of pyridine rings is 1. The van der Waals surface area contributed by atoms with Crippen molar-refractivity contribution in [1.82, 2.24) is 4.57 Å². The summed E-state index contributed by atoms with van der Waals surface area (Å²) < 4.78 is 18.6. The topological polar surface area (TPSA) is 66.8 Å². The second kappa shape index (κ2) is 13.1. The summed E-state index contributed by atoms with van der Waals surface area (Å²) in [4.78, 5) is 25.2. The van der Waals surface area contributed by atoms with Crippen LogP contribution in [0.25, 0.3) is 10.9 Å². The van der Waals surface area contributed by atoms with Gasteiger partial charge in [-0.3, -0.25) is 4.79 Å². The number of carbonyl (C=O) groups excluding carboxylic acids is 1. The minimum Gasteiger partial charge on any atom is -0.490 e. The molecule has 0 spiro atoms. The SMILES string of the molecule is CCCC(C)CCCCCCOc1cc2c(=O)c(C(=O)OCC)cn(C)c2cc1OCC. The first-order chi connectivity index (χ1) is 15.4. The zero-order valence-electron chi connectivity index (χ0n) is 20.4. The number of esters is 1. The van der Waals surface area contributed by atoms with Gasteiger partial charge in [-0.1, -0.05) is 52.4 Å². The van der Waals surface area contributed by atoms with Gasteiger partial charge >= 0.3 is 5.97 Å². The van der Waals surface area contributed by atoms with Crippen LogP contribution in [-0.2, 0) is 11.8 Å². The number of aromatic nitrogens is 1. The van der Waals surface area contributed by atoms with E-state index < -0.39 is 5.97 Å². The molecular formula is C26H39NO5. The Labute approximate surface area is 191 Å². The van der Waals surface area contributed by atoms with Gasteiger partial charge in [-0.2, -0.15) is 0 Å². The maximum atomic E-state index is 13.0. The molecule has 6 heteroatoms. The van der Waals surface area contributed by atoms with Gasteiger partial charge in [0, 0.05) is 19.3 Å². The van der Waals surface area contributed by atoms with Crippen molar-refractivity contribution in [3.63, 3.8) is 0 Å². The van der Waals surface area contributed by atoms with E-state index >= 15 is 0 Å². The van der Waals surface area contributed by atoms with Crippen molar-refractivity contribution in [3.8, 4) is 11.5 Å². The molecule has 1 atom stereocenters.